The molecule has 5 unspecified atom stereocenters. The average Bonchev–Trinajstić information content (AvgIpc) is 1.75. The summed E-state index contributed by atoms with van der Waals surface area (Å²) in [6, 6.07) is 0. The van der Waals surface area contributed by atoms with Crippen molar-refractivity contribution in [1.82, 2.24) is 0 Å². The van der Waals surface area contributed by atoms with E-state index in [1.807, 2.05) is 0 Å². The second-order valence-electron chi connectivity index (χ2n) is 25.1. The van der Waals surface area contributed by atoms with Crippen molar-refractivity contribution in [2.45, 2.75) is 334 Å². The monoisotopic (exact) mass is 1380 g/mol. The van der Waals surface area contributed by atoms with Crippen LogP contribution in [-0.2, 0) is 55.8 Å². The van der Waals surface area contributed by atoms with Crippen LogP contribution in [0.4, 0.5) is 0 Å². The van der Waals surface area contributed by atoms with Gasteiger partial charge in [-0.05, 0) is 116 Å². The summed E-state index contributed by atoms with van der Waals surface area (Å²) in [5, 5.41) is 20.6. The summed E-state index contributed by atoms with van der Waals surface area (Å²) in [4.78, 5) is 58.4. The summed E-state index contributed by atoms with van der Waals surface area (Å²) in [5.41, 5.74) is 0. The van der Waals surface area contributed by atoms with Crippen molar-refractivity contribution in [3.63, 3.8) is 0 Å². The molecule has 0 aromatic rings. The van der Waals surface area contributed by atoms with E-state index in [2.05, 4.69) is 118 Å². The number of allylic oxidation sites excluding steroid dienone is 16. The molecule has 0 saturated carbocycles. The van der Waals surface area contributed by atoms with Crippen molar-refractivity contribution in [2.75, 3.05) is 39.6 Å². The molecular formula is C77H136O16P2. The van der Waals surface area contributed by atoms with Crippen LogP contribution in [-0.4, -0.2) is 95.9 Å². The zero-order chi connectivity index (χ0) is 69.5. The van der Waals surface area contributed by atoms with Gasteiger partial charge in [-0.2, -0.15) is 0 Å². The molecule has 0 rings (SSSR count). The number of hydrogen-bond acceptors (Lipinski definition) is 14. The molecule has 0 bridgehead atoms. The number of rotatable bonds is 71. The number of aliphatic hydroxyl groups excluding tert-OH is 2. The van der Waals surface area contributed by atoms with Gasteiger partial charge in [0.1, 0.15) is 25.4 Å². The van der Waals surface area contributed by atoms with Gasteiger partial charge in [-0.1, -0.05) is 279 Å². The summed E-state index contributed by atoms with van der Waals surface area (Å²) in [5.74, 6) is -1.59. The van der Waals surface area contributed by atoms with Crippen LogP contribution < -0.4 is 0 Å². The van der Waals surface area contributed by atoms with E-state index in [4.69, 9.17) is 32.3 Å². The average molecular weight is 1380 g/mol. The molecule has 18 heteroatoms. The van der Waals surface area contributed by atoms with Crippen molar-refractivity contribution in [1.29, 1.82) is 0 Å². The highest BCUT2D eigenvalue weighted by atomic mass is 31.2. The quantitative estimate of drug-likeness (QED) is 0.0146. The molecule has 0 saturated heterocycles. The van der Waals surface area contributed by atoms with Crippen molar-refractivity contribution in [2.24, 2.45) is 0 Å². The normalized spacial score (nSPS) is 14.6. The molecule has 95 heavy (non-hydrogen) atoms. The number of hydrogen-bond donors (Lipinski definition) is 4. The van der Waals surface area contributed by atoms with Gasteiger partial charge in [0, 0.05) is 19.3 Å². The van der Waals surface area contributed by atoms with Crippen LogP contribution >= 0.6 is 15.6 Å². The van der Waals surface area contributed by atoms with Crippen LogP contribution in [0, 0.1) is 0 Å². The first-order chi connectivity index (χ1) is 46.2. The third-order valence-corrected chi connectivity index (χ3v) is 17.6. The van der Waals surface area contributed by atoms with Gasteiger partial charge >= 0.3 is 33.6 Å². The predicted octanol–water partition coefficient (Wildman–Crippen LogP) is 21.4. The Bertz CT molecular complexity index is 2120. The fraction of sp³-hybridized carbons (Fsp3) is 0.753. The standard InChI is InChI=1S/C77H136O16P2/c1-4-7-10-13-16-19-22-25-27-28-29-30-31-32-33-34-35-36-37-38-39-40-41-42-44-47-48-51-54-57-60-63-75(80)87-66-72(78)67-89-94(83,84)90-68-73(79)69-91-95(85,86)92-71-74(93-77(82)65-62-59-56-53-50-45-24-21-18-15-12-9-6-3)70-88-76(81)64-61-58-55-52-49-46-43-26-23-20-17-14-11-8-5-2/h7,10,12,15-16,19,21,24-27,29-30,32-33,43,72-74,78-79H,4-6,8-9,11,13-14,17-18,20,22-23,28,31,34-42,44-71H2,1-3H3,(H,83,84)(H,85,86)/b10-7-,15-12-,19-16-,24-21-,27-25-,30-29-,33-32-,43-26-. The van der Waals surface area contributed by atoms with Gasteiger partial charge < -0.3 is 34.2 Å². The number of unbranched alkanes of at least 4 members (excludes halogenated alkanes) is 32. The van der Waals surface area contributed by atoms with Crippen LogP contribution in [0.15, 0.2) is 97.2 Å². The first-order valence-electron chi connectivity index (χ1n) is 37.5. The molecule has 0 amide bonds. The Morgan fingerprint density at radius 3 is 0.937 bits per heavy atom. The van der Waals surface area contributed by atoms with Crippen molar-refractivity contribution < 1.29 is 75.8 Å². The number of aliphatic hydroxyl groups is 2. The SMILES string of the molecule is CC/C=C\C/C=C\C/C=C\C/C=C\C/C=C\CCCCCCCCCCCCCCCCCC(=O)OCC(O)COP(=O)(O)OCC(O)COP(=O)(O)OCC(COC(=O)CCCCCCC/C=C\CCCCCCCC)OC(=O)CCCCCCC/C=C\C/C=C\CCC. The minimum Gasteiger partial charge on any atom is -0.463 e. The number of phosphoric acid groups is 2. The molecule has 0 fully saturated rings. The van der Waals surface area contributed by atoms with E-state index < -0.39 is 91.5 Å². The van der Waals surface area contributed by atoms with Crippen LogP contribution in [0.1, 0.15) is 316 Å². The molecule has 0 heterocycles. The fourth-order valence-electron chi connectivity index (χ4n) is 10.0. The fourth-order valence-corrected chi connectivity index (χ4v) is 11.6. The molecule has 16 nitrogen and oxygen atoms in total. The van der Waals surface area contributed by atoms with E-state index >= 15 is 0 Å². The Balaban J connectivity index is 4.40. The minimum atomic E-state index is -4.93. The van der Waals surface area contributed by atoms with Gasteiger partial charge in [0.2, 0.25) is 0 Å². The lowest BCUT2D eigenvalue weighted by Crippen LogP contribution is -2.30. The van der Waals surface area contributed by atoms with Gasteiger partial charge in [-0.15, -0.1) is 0 Å². The van der Waals surface area contributed by atoms with Gasteiger partial charge in [-0.25, -0.2) is 9.13 Å². The minimum absolute atomic E-state index is 0.0880. The molecule has 0 aliphatic heterocycles. The topological polar surface area (TPSA) is 231 Å². The lowest BCUT2D eigenvalue weighted by Gasteiger charge is -2.21. The summed E-state index contributed by atoms with van der Waals surface area (Å²) in [6.45, 7) is 2.48. The maximum absolute atomic E-state index is 12.9. The molecule has 0 radical (unpaired) electrons. The molecule has 0 aliphatic carbocycles. The molecule has 0 aromatic heterocycles. The number of ether oxygens (including phenoxy) is 3. The number of phosphoric ester groups is 2. The summed E-state index contributed by atoms with van der Waals surface area (Å²) >= 11 is 0. The largest absolute Gasteiger partial charge is 0.472 e. The summed E-state index contributed by atoms with van der Waals surface area (Å²) < 4.78 is 60.9. The second kappa shape index (κ2) is 70.3. The van der Waals surface area contributed by atoms with Crippen molar-refractivity contribution in [3.8, 4) is 0 Å². The zero-order valence-corrected chi connectivity index (χ0v) is 61.6. The third kappa shape index (κ3) is 71.6. The first-order valence-corrected chi connectivity index (χ1v) is 40.5. The Hall–Kier alpha value is -3.53. The highest BCUT2D eigenvalue weighted by Gasteiger charge is 2.29. The Morgan fingerprint density at radius 2 is 0.579 bits per heavy atom. The lowest BCUT2D eigenvalue weighted by molar-refractivity contribution is -0.161. The van der Waals surface area contributed by atoms with Crippen LogP contribution in [0.2, 0.25) is 0 Å². The number of esters is 3. The van der Waals surface area contributed by atoms with Crippen LogP contribution in [0.5, 0.6) is 0 Å². The molecule has 0 aliphatic rings. The maximum atomic E-state index is 12.9. The third-order valence-electron chi connectivity index (χ3n) is 15.7. The number of carbonyl (C=O) groups is 3. The smallest absolute Gasteiger partial charge is 0.463 e. The Kier molecular flexibility index (Phi) is 67.7. The number of carbonyl (C=O) groups excluding carboxylic acids is 3. The maximum Gasteiger partial charge on any atom is 0.472 e. The summed E-state index contributed by atoms with van der Waals surface area (Å²) in [6.07, 6.45) is 79.1. The van der Waals surface area contributed by atoms with E-state index in [1.54, 1.807) is 0 Å². The van der Waals surface area contributed by atoms with Gasteiger partial charge in [0.25, 0.3) is 0 Å². The molecule has 4 N–H and O–H groups in total. The molecule has 0 spiro atoms. The van der Waals surface area contributed by atoms with Crippen LogP contribution in [0.25, 0.3) is 0 Å². The second-order valence-corrected chi connectivity index (χ2v) is 28.0. The van der Waals surface area contributed by atoms with E-state index in [0.29, 0.717) is 19.3 Å². The summed E-state index contributed by atoms with van der Waals surface area (Å²) in [7, 11) is -9.78. The van der Waals surface area contributed by atoms with Gasteiger partial charge in [-0.3, -0.25) is 32.5 Å². The first kappa shape index (κ1) is 91.5. The van der Waals surface area contributed by atoms with E-state index in [0.717, 1.165) is 141 Å². The highest BCUT2D eigenvalue weighted by molar-refractivity contribution is 7.47. The molecular weight excluding hydrogens is 1240 g/mol. The van der Waals surface area contributed by atoms with Gasteiger partial charge in [0.15, 0.2) is 6.10 Å². The predicted molar refractivity (Wildman–Crippen MR) is 390 cm³/mol. The lowest BCUT2D eigenvalue weighted by atomic mass is 10.0. The van der Waals surface area contributed by atoms with E-state index in [-0.39, 0.29) is 19.3 Å². The van der Waals surface area contributed by atoms with E-state index in [9.17, 15) is 43.5 Å². The Morgan fingerprint density at radius 1 is 0.305 bits per heavy atom. The highest BCUT2D eigenvalue weighted by Crippen LogP contribution is 2.45. The zero-order valence-electron chi connectivity index (χ0n) is 59.8. The van der Waals surface area contributed by atoms with Crippen LogP contribution in [0.3, 0.4) is 0 Å². The Labute approximate surface area is 578 Å². The van der Waals surface area contributed by atoms with Gasteiger partial charge in [0.05, 0.1) is 26.4 Å². The van der Waals surface area contributed by atoms with Crippen molar-refractivity contribution in [3.05, 3.63) is 97.2 Å². The molecule has 550 valence electrons. The molecule has 0 aromatic carbocycles. The van der Waals surface area contributed by atoms with E-state index in [1.165, 1.54) is 116 Å². The molecule has 5 atom stereocenters. The van der Waals surface area contributed by atoms with Crippen molar-refractivity contribution >= 4 is 33.6 Å².